The Morgan fingerprint density at radius 2 is 2.26 bits per heavy atom. The number of rotatable bonds is 5. The Morgan fingerprint density at radius 1 is 1.53 bits per heavy atom. The molecule has 0 spiro atoms. The Hall–Kier alpha value is -1.40. The van der Waals surface area contributed by atoms with Gasteiger partial charge in [-0.05, 0) is 38.9 Å². The van der Waals surface area contributed by atoms with Gasteiger partial charge in [-0.3, -0.25) is 9.48 Å². The van der Waals surface area contributed by atoms with Crippen molar-refractivity contribution in [2.75, 3.05) is 39.2 Å². The summed E-state index contributed by atoms with van der Waals surface area (Å²) in [6, 6.07) is 0. The Balaban J connectivity index is 1.82. The number of piperidine rings is 1. The molecule has 1 amide bonds. The number of nitrogens with zero attached hydrogens (tertiary/aromatic N) is 3. The van der Waals surface area contributed by atoms with Crippen molar-refractivity contribution in [2.45, 2.75) is 19.4 Å². The highest BCUT2D eigenvalue weighted by Gasteiger charge is 2.17. The molecule has 6 heteroatoms. The maximum Gasteiger partial charge on any atom is 0.250 e. The van der Waals surface area contributed by atoms with Crippen LogP contribution in [0.15, 0.2) is 12.4 Å². The second-order valence-corrected chi connectivity index (χ2v) is 5.18. The fourth-order valence-corrected chi connectivity index (χ4v) is 2.37. The maximum absolute atomic E-state index is 11.4. The van der Waals surface area contributed by atoms with Gasteiger partial charge in [0.15, 0.2) is 0 Å². The van der Waals surface area contributed by atoms with Gasteiger partial charge < -0.3 is 15.0 Å². The Morgan fingerprint density at radius 3 is 2.95 bits per heavy atom. The van der Waals surface area contributed by atoms with Crippen molar-refractivity contribution in [3.05, 3.63) is 12.4 Å². The molecule has 1 aliphatic heterocycles. The van der Waals surface area contributed by atoms with Crippen molar-refractivity contribution in [1.29, 1.82) is 0 Å². The van der Waals surface area contributed by atoms with Gasteiger partial charge in [0.25, 0.3) is 0 Å². The van der Waals surface area contributed by atoms with Gasteiger partial charge in [0.2, 0.25) is 5.91 Å². The summed E-state index contributed by atoms with van der Waals surface area (Å²) in [5.41, 5.74) is 0.731. The molecule has 2 rings (SSSR count). The highest BCUT2D eigenvalue weighted by Crippen LogP contribution is 2.18. The number of nitrogens with one attached hydrogen (secondary N) is 1. The van der Waals surface area contributed by atoms with Gasteiger partial charge in [-0.1, -0.05) is 0 Å². The Bertz CT molecular complexity index is 411. The van der Waals surface area contributed by atoms with E-state index in [1.165, 1.54) is 20.0 Å². The Labute approximate surface area is 113 Å². The normalized spacial score (nSPS) is 17.6. The van der Waals surface area contributed by atoms with Crippen LogP contribution < -0.4 is 5.32 Å². The zero-order valence-corrected chi connectivity index (χ0v) is 11.6. The summed E-state index contributed by atoms with van der Waals surface area (Å²) in [4.78, 5) is 13.7. The third-order valence-electron chi connectivity index (χ3n) is 3.48. The van der Waals surface area contributed by atoms with Crippen LogP contribution in [0.25, 0.3) is 0 Å². The smallest absolute Gasteiger partial charge is 0.250 e. The molecule has 106 valence electrons. The van der Waals surface area contributed by atoms with Gasteiger partial charge in [0.05, 0.1) is 11.9 Å². The molecule has 1 aromatic heterocycles. The lowest BCUT2D eigenvalue weighted by Crippen LogP contribution is -2.31. The van der Waals surface area contributed by atoms with Gasteiger partial charge in [-0.2, -0.15) is 5.10 Å². The van der Waals surface area contributed by atoms with Gasteiger partial charge in [0.1, 0.15) is 6.61 Å². The van der Waals surface area contributed by atoms with Gasteiger partial charge in [0, 0.05) is 19.9 Å². The predicted octanol–water partition coefficient (Wildman–Crippen LogP) is 0.810. The van der Waals surface area contributed by atoms with Crippen LogP contribution in [0, 0.1) is 5.92 Å². The van der Waals surface area contributed by atoms with Crippen LogP contribution in [-0.2, 0) is 16.1 Å². The van der Waals surface area contributed by atoms with E-state index >= 15 is 0 Å². The molecule has 1 aliphatic rings. The number of carbonyl (C=O) groups excluding carboxylic acids is 1. The van der Waals surface area contributed by atoms with Crippen molar-refractivity contribution >= 4 is 11.6 Å². The first-order valence-corrected chi connectivity index (χ1v) is 6.67. The molecule has 0 saturated carbocycles. The number of carbonyl (C=O) groups is 1. The van der Waals surface area contributed by atoms with E-state index in [2.05, 4.69) is 22.4 Å². The number of ether oxygens (including phenoxy) is 1. The van der Waals surface area contributed by atoms with Crippen molar-refractivity contribution in [2.24, 2.45) is 5.92 Å². The number of methoxy groups -OCH3 is 1. The summed E-state index contributed by atoms with van der Waals surface area (Å²) in [6.07, 6.45) is 5.98. The minimum Gasteiger partial charge on any atom is -0.375 e. The highest BCUT2D eigenvalue weighted by atomic mass is 16.5. The summed E-state index contributed by atoms with van der Waals surface area (Å²) in [5.74, 6) is 0.528. The minimum absolute atomic E-state index is 0.0696. The third-order valence-corrected chi connectivity index (χ3v) is 3.48. The third kappa shape index (κ3) is 4.33. The predicted molar refractivity (Wildman–Crippen MR) is 73.0 cm³/mol. The maximum atomic E-state index is 11.4. The molecule has 1 fully saturated rings. The summed E-state index contributed by atoms with van der Waals surface area (Å²) in [6.45, 7) is 3.31. The number of aromatic nitrogens is 2. The number of anilines is 1. The van der Waals surface area contributed by atoms with Crippen LogP contribution in [0.2, 0.25) is 0 Å². The SMILES string of the molecule is COCC(=O)Nc1cnn(CC2CCN(C)CC2)c1. The lowest BCUT2D eigenvalue weighted by atomic mass is 9.97. The first-order valence-electron chi connectivity index (χ1n) is 6.67. The van der Waals surface area contributed by atoms with E-state index in [9.17, 15) is 4.79 Å². The highest BCUT2D eigenvalue weighted by molar-refractivity contribution is 5.91. The molecule has 0 aliphatic carbocycles. The quantitative estimate of drug-likeness (QED) is 0.857. The molecule has 1 aromatic rings. The summed E-state index contributed by atoms with van der Waals surface area (Å²) in [7, 11) is 3.66. The number of amides is 1. The van der Waals surface area contributed by atoms with E-state index < -0.39 is 0 Å². The largest absolute Gasteiger partial charge is 0.375 e. The Kier molecular flexibility index (Phi) is 4.93. The molecule has 2 heterocycles. The molecule has 1 N–H and O–H groups in total. The second-order valence-electron chi connectivity index (χ2n) is 5.18. The van der Waals surface area contributed by atoms with Crippen molar-refractivity contribution < 1.29 is 9.53 Å². The molecule has 0 unspecified atom stereocenters. The van der Waals surface area contributed by atoms with E-state index in [0.29, 0.717) is 5.92 Å². The monoisotopic (exact) mass is 266 g/mol. The van der Waals surface area contributed by atoms with Crippen LogP contribution in [0.1, 0.15) is 12.8 Å². The zero-order chi connectivity index (χ0) is 13.7. The van der Waals surface area contributed by atoms with Crippen LogP contribution in [0.3, 0.4) is 0 Å². The van der Waals surface area contributed by atoms with Crippen molar-refractivity contribution in [3.63, 3.8) is 0 Å². The first kappa shape index (κ1) is 14.0. The molecule has 0 aromatic carbocycles. The van der Waals surface area contributed by atoms with Crippen LogP contribution >= 0.6 is 0 Å². The number of hydrogen-bond donors (Lipinski definition) is 1. The van der Waals surface area contributed by atoms with Crippen LogP contribution in [0.4, 0.5) is 5.69 Å². The molecule has 6 nitrogen and oxygen atoms in total. The fraction of sp³-hybridized carbons (Fsp3) is 0.692. The van der Waals surface area contributed by atoms with Gasteiger partial charge in [-0.15, -0.1) is 0 Å². The van der Waals surface area contributed by atoms with E-state index in [1.54, 1.807) is 6.20 Å². The first-order chi connectivity index (χ1) is 9.17. The van der Waals surface area contributed by atoms with Crippen LogP contribution in [0.5, 0.6) is 0 Å². The topological polar surface area (TPSA) is 59.4 Å². The van der Waals surface area contributed by atoms with Crippen molar-refractivity contribution in [3.8, 4) is 0 Å². The van der Waals surface area contributed by atoms with E-state index in [0.717, 1.165) is 25.3 Å². The molecule has 0 radical (unpaired) electrons. The standard InChI is InChI=1S/C13H22N4O2/c1-16-5-3-11(4-6-16)8-17-9-12(7-14-17)15-13(18)10-19-2/h7,9,11H,3-6,8,10H2,1-2H3,(H,15,18). The summed E-state index contributed by atoms with van der Waals surface area (Å²) < 4.78 is 6.69. The molecule has 1 saturated heterocycles. The molecule has 0 atom stereocenters. The lowest BCUT2D eigenvalue weighted by Gasteiger charge is -2.28. The zero-order valence-electron chi connectivity index (χ0n) is 11.6. The molecular formula is C13H22N4O2. The fourth-order valence-electron chi connectivity index (χ4n) is 2.37. The van der Waals surface area contributed by atoms with Gasteiger partial charge in [-0.25, -0.2) is 0 Å². The van der Waals surface area contributed by atoms with E-state index in [4.69, 9.17) is 4.74 Å². The van der Waals surface area contributed by atoms with Gasteiger partial charge >= 0.3 is 0 Å². The number of hydrogen-bond acceptors (Lipinski definition) is 4. The van der Waals surface area contributed by atoms with E-state index in [1.807, 2.05) is 10.9 Å². The van der Waals surface area contributed by atoms with Crippen LogP contribution in [-0.4, -0.2) is 54.4 Å². The average Bonchev–Trinajstić information content (AvgIpc) is 2.80. The number of likely N-dealkylation sites (tertiary alicyclic amines) is 1. The van der Waals surface area contributed by atoms with E-state index in [-0.39, 0.29) is 12.5 Å². The molecule has 19 heavy (non-hydrogen) atoms. The second kappa shape index (κ2) is 6.68. The summed E-state index contributed by atoms with van der Waals surface area (Å²) in [5, 5.41) is 7.04. The molecular weight excluding hydrogens is 244 g/mol. The average molecular weight is 266 g/mol. The molecule has 0 bridgehead atoms. The lowest BCUT2D eigenvalue weighted by molar-refractivity contribution is -0.119. The minimum atomic E-state index is -0.152. The summed E-state index contributed by atoms with van der Waals surface area (Å²) >= 11 is 0. The van der Waals surface area contributed by atoms with Crippen molar-refractivity contribution in [1.82, 2.24) is 14.7 Å².